The van der Waals surface area contributed by atoms with E-state index < -0.39 is 27.8 Å². The number of amides is 1. The van der Waals surface area contributed by atoms with Gasteiger partial charge in [-0.3, -0.25) is 9.69 Å². The van der Waals surface area contributed by atoms with Crippen molar-refractivity contribution in [1.82, 2.24) is 9.97 Å². The number of hydrogen-bond acceptors (Lipinski definition) is 7. The lowest BCUT2D eigenvalue weighted by Gasteiger charge is -2.15. The summed E-state index contributed by atoms with van der Waals surface area (Å²) in [7, 11) is -2.05. The molecule has 1 atom stereocenters. The largest absolute Gasteiger partial charge is 0.481 e. The number of carbonyl (C=O) groups is 1. The van der Waals surface area contributed by atoms with Gasteiger partial charge in [-0.25, -0.2) is 0 Å². The molecule has 0 N–H and O–H groups in total. The summed E-state index contributed by atoms with van der Waals surface area (Å²) in [5.74, 6) is -0.374. The molecule has 110 valence electrons. The first kappa shape index (κ1) is 14.4. The lowest BCUT2D eigenvalue weighted by atomic mass is 10.4. The summed E-state index contributed by atoms with van der Waals surface area (Å²) in [5, 5.41) is -1.41. The topological polar surface area (TPSA) is 98.7 Å². The average Bonchev–Trinajstić information content (AvgIpc) is 2.80. The van der Waals surface area contributed by atoms with Gasteiger partial charge in [-0.05, 0) is 0 Å². The molecule has 20 heavy (non-hydrogen) atoms. The van der Waals surface area contributed by atoms with Crippen molar-refractivity contribution in [2.75, 3.05) is 25.7 Å². The van der Waals surface area contributed by atoms with Crippen LogP contribution in [0, 0.1) is 0 Å². The third-order valence-corrected chi connectivity index (χ3v) is 3.93. The number of methoxy groups -OCH3 is 2. The van der Waals surface area contributed by atoms with E-state index in [9.17, 15) is 17.1 Å². The molecule has 1 fully saturated rings. The Labute approximate surface area is 114 Å². The highest BCUT2D eigenvalue weighted by molar-refractivity contribution is 7.87. The number of ether oxygens (including phenoxy) is 2. The molecule has 0 radical (unpaired) electrons. The second-order valence-electron chi connectivity index (χ2n) is 4.06. The van der Waals surface area contributed by atoms with E-state index in [1.807, 2.05) is 0 Å². The van der Waals surface area contributed by atoms with Gasteiger partial charge in [0, 0.05) is 13.0 Å². The molecule has 0 bridgehead atoms. The van der Waals surface area contributed by atoms with E-state index in [2.05, 4.69) is 9.97 Å². The number of aromatic nitrogens is 2. The second kappa shape index (κ2) is 5.19. The first-order valence-corrected chi connectivity index (χ1v) is 7.00. The van der Waals surface area contributed by atoms with Gasteiger partial charge in [-0.15, -0.1) is 3.89 Å². The third kappa shape index (κ3) is 2.79. The van der Waals surface area contributed by atoms with Gasteiger partial charge in [0.2, 0.25) is 23.6 Å². The fourth-order valence-corrected chi connectivity index (χ4v) is 2.45. The Morgan fingerprint density at radius 3 is 2.25 bits per heavy atom. The van der Waals surface area contributed by atoms with Crippen LogP contribution in [0.25, 0.3) is 0 Å². The second-order valence-corrected chi connectivity index (χ2v) is 5.68. The van der Waals surface area contributed by atoms with Crippen molar-refractivity contribution in [2.45, 2.75) is 11.7 Å². The van der Waals surface area contributed by atoms with Crippen molar-refractivity contribution in [3.63, 3.8) is 0 Å². The summed E-state index contributed by atoms with van der Waals surface area (Å²) in [5.41, 5.74) is 0. The van der Waals surface area contributed by atoms with Crippen molar-refractivity contribution >= 4 is 22.1 Å². The maximum absolute atomic E-state index is 13.0. The molecule has 1 amide bonds. The molecule has 1 saturated heterocycles. The number of nitrogens with zero attached hydrogens (tertiary/aromatic N) is 3. The Morgan fingerprint density at radius 2 is 1.85 bits per heavy atom. The molecule has 0 aromatic carbocycles. The summed E-state index contributed by atoms with van der Waals surface area (Å²) in [4.78, 5) is 20.6. The quantitative estimate of drug-likeness (QED) is 0.716. The highest BCUT2D eigenvalue weighted by Crippen LogP contribution is 2.26. The van der Waals surface area contributed by atoms with Gasteiger partial charge < -0.3 is 9.47 Å². The van der Waals surface area contributed by atoms with Gasteiger partial charge in [0.25, 0.3) is 0 Å². The molecule has 1 aliphatic heterocycles. The van der Waals surface area contributed by atoms with Crippen LogP contribution in [0.3, 0.4) is 0 Å². The van der Waals surface area contributed by atoms with Crippen molar-refractivity contribution in [3.8, 4) is 11.8 Å². The minimum absolute atomic E-state index is 0.0858. The Bertz CT molecular complexity index is 614. The summed E-state index contributed by atoms with van der Waals surface area (Å²) in [6, 6.07) is 1.40. The van der Waals surface area contributed by atoms with Crippen LogP contribution in [0.1, 0.15) is 6.42 Å². The fraction of sp³-hybridized carbons (Fsp3) is 0.500. The van der Waals surface area contributed by atoms with Gasteiger partial charge in [0.05, 0.1) is 20.3 Å². The third-order valence-electron chi connectivity index (χ3n) is 2.81. The van der Waals surface area contributed by atoms with E-state index in [-0.39, 0.29) is 24.3 Å². The van der Waals surface area contributed by atoms with Crippen LogP contribution in [0.2, 0.25) is 0 Å². The fourth-order valence-electron chi connectivity index (χ4n) is 1.78. The van der Waals surface area contributed by atoms with Crippen molar-refractivity contribution in [1.29, 1.82) is 0 Å². The minimum Gasteiger partial charge on any atom is -0.481 e. The van der Waals surface area contributed by atoms with Gasteiger partial charge in [-0.2, -0.15) is 18.4 Å². The Hall–Kier alpha value is -1.97. The normalized spacial score (nSPS) is 19.2. The number of halogens is 1. The number of anilines is 1. The predicted octanol–water partition coefficient (Wildman–Crippen LogP) is -0.102. The molecule has 1 aromatic rings. The van der Waals surface area contributed by atoms with E-state index >= 15 is 0 Å². The van der Waals surface area contributed by atoms with E-state index in [0.29, 0.717) is 0 Å². The molecule has 0 spiro atoms. The van der Waals surface area contributed by atoms with Crippen LogP contribution in [0.5, 0.6) is 11.8 Å². The predicted molar refractivity (Wildman–Crippen MR) is 65.9 cm³/mol. The summed E-state index contributed by atoms with van der Waals surface area (Å²) < 4.78 is 44.5. The van der Waals surface area contributed by atoms with Crippen LogP contribution in [0.15, 0.2) is 6.07 Å². The van der Waals surface area contributed by atoms with Gasteiger partial charge >= 0.3 is 10.2 Å². The molecule has 10 heteroatoms. The highest BCUT2D eigenvalue weighted by atomic mass is 32.3. The first-order chi connectivity index (χ1) is 9.35. The van der Waals surface area contributed by atoms with Crippen LogP contribution in [-0.2, 0) is 15.0 Å². The number of hydrogen-bond donors (Lipinski definition) is 0. The standard InChI is InChI=1S/C10H12FN3O5S/c1-18-7-4-8(19-2)13-10(12-7)14-5-6(3-9(14)15)20(11,16)17/h4,6H,3,5H2,1-2H3. The zero-order valence-corrected chi connectivity index (χ0v) is 11.6. The van der Waals surface area contributed by atoms with E-state index in [0.717, 1.165) is 4.90 Å². The summed E-state index contributed by atoms with van der Waals surface area (Å²) in [6.07, 6.45) is -0.443. The van der Waals surface area contributed by atoms with E-state index in [1.165, 1.54) is 20.3 Å². The zero-order valence-electron chi connectivity index (χ0n) is 10.7. The lowest BCUT2D eigenvalue weighted by Crippen LogP contribution is -2.28. The average molecular weight is 305 g/mol. The Morgan fingerprint density at radius 1 is 1.30 bits per heavy atom. The summed E-state index contributed by atoms with van der Waals surface area (Å²) in [6.45, 7) is -0.339. The van der Waals surface area contributed by atoms with Gasteiger partial charge in [-0.1, -0.05) is 0 Å². The van der Waals surface area contributed by atoms with Crippen LogP contribution in [-0.4, -0.2) is 50.3 Å². The molecular formula is C10H12FN3O5S. The molecule has 0 aliphatic carbocycles. The van der Waals surface area contributed by atoms with E-state index in [4.69, 9.17) is 9.47 Å². The lowest BCUT2D eigenvalue weighted by molar-refractivity contribution is -0.117. The number of carbonyl (C=O) groups excluding carboxylic acids is 1. The van der Waals surface area contributed by atoms with Crippen LogP contribution < -0.4 is 14.4 Å². The van der Waals surface area contributed by atoms with Gasteiger partial charge in [0.1, 0.15) is 5.25 Å². The SMILES string of the molecule is COc1cc(OC)nc(N2CC(S(=O)(=O)F)CC2=O)n1. The van der Waals surface area contributed by atoms with Crippen molar-refractivity contribution < 1.29 is 26.6 Å². The van der Waals surface area contributed by atoms with Crippen LogP contribution >= 0.6 is 0 Å². The van der Waals surface area contributed by atoms with Gasteiger partial charge in [0.15, 0.2) is 0 Å². The maximum atomic E-state index is 13.0. The highest BCUT2D eigenvalue weighted by Gasteiger charge is 2.40. The summed E-state index contributed by atoms with van der Waals surface area (Å²) >= 11 is 0. The minimum atomic E-state index is -4.79. The van der Waals surface area contributed by atoms with Crippen molar-refractivity contribution in [2.24, 2.45) is 0 Å². The Kier molecular flexibility index (Phi) is 3.75. The molecule has 8 nitrogen and oxygen atoms in total. The monoisotopic (exact) mass is 305 g/mol. The maximum Gasteiger partial charge on any atom is 0.307 e. The first-order valence-electron chi connectivity index (χ1n) is 5.56. The van der Waals surface area contributed by atoms with Crippen molar-refractivity contribution in [3.05, 3.63) is 6.07 Å². The zero-order chi connectivity index (χ0) is 14.9. The van der Waals surface area contributed by atoms with Crippen LogP contribution in [0.4, 0.5) is 9.83 Å². The number of rotatable bonds is 4. The molecule has 1 unspecified atom stereocenters. The molecule has 0 saturated carbocycles. The molecule has 1 aromatic heterocycles. The van der Waals surface area contributed by atoms with E-state index in [1.54, 1.807) is 0 Å². The Balaban J connectivity index is 2.34. The molecule has 2 rings (SSSR count). The molecular weight excluding hydrogens is 293 g/mol. The smallest absolute Gasteiger partial charge is 0.307 e. The molecule has 1 aliphatic rings. The molecule has 2 heterocycles.